The van der Waals surface area contributed by atoms with Crippen molar-refractivity contribution in [2.45, 2.75) is 32.2 Å². The summed E-state index contributed by atoms with van der Waals surface area (Å²) >= 11 is 1.39. The van der Waals surface area contributed by atoms with E-state index in [4.69, 9.17) is 4.74 Å². The molecule has 0 aliphatic carbocycles. The number of methoxy groups -OCH3 is 1. The smallest absolute Gasteiger partial charge is 0.328 e. The number of rotatable bonds is 3. The molecule has 0 saturated carbocycles. The van der Waals surface area contributed by atoms with Crippen LogP contribution in [-0.2, 0) is 9.53 Å². The number of amides is 1. The van der Waals surface area contributed by atoms with Gasteiger partial charge in [-0.1, -0.05) is 0 Å². The van der Waals surface area contributed by atoms with Gasteiger partial charge in [-0.15, -0.1) is 11.3 Å². The molecule has 2 aromatic heterocycles. The number of carbonyl (C=O) groups excluding carboxylic acids is 2. The van der Waals surface area contributed by atoms with E-state index < -0.39 is 6.04 Å². The Morgan fingerprint density at radius 3 is 2.62 bits per heavy atom. The normalized spacial score (nSPS) is 20.9. The van der Waals surface area contributed by atoms with Gasteiger partial charge in [0.05, 0.1) is 17.4 Å². The van der Waals surface area contributed by atoms with Crippen molar-refractivity contribution in [2.75, 3.05) is 51.8 Å². The third-order valence-electron chi connectivity index (χ3n) is 5.94. The van der Waals surface area contributed by atoms with Gasteiger partial charge in [-0.3, -0.25) is 4.79 Å². The van der Waals surface area contributed by atoms with Gasteiger partial charge in [-0.05, 0) is 38.8 Å². The summed E-state index contributed by atoms with van der Waals surface area (Å²) in [6.07, 6.45) is 4.05. The number of carbonyl (C=O) groups is 2. The van der Waals surface area contributed by atoms with Gasteiger partial charge in [0, 0.05) is 32.7 Å². The maximum atomic E-state index is 13.4. The van der Waals surface area contributed by atoms with Crippen LogP contribution in [0, 0.1) is 6.92 Å². The fourth-order valence-corrected chi connectivity index (χ4v) is 5.30. The predicted octanol–water partition coefficient (Wildman–Crippen LogP) is 1.92. The summed E-state index contributed by atoms with van der Waals surface area (Å²) in [7, 11) is 3.50. The number of likely N-dealkylation sites (N-methyl/N-ethyl adjacent to an activating group) is 1. The quantitative estimate of drug-likeness (QED) is 0.706. The number of piperidine rings is 1. The molecule has 156 valence electrons. The zero-order valence-electron chi connectivity index (χ0n) is 17.2. The second-order valence-electron chi connectivity index (χ2n) is 7.76. The number of nitrogens with zero attached hydrogens (tertiary/aromatic N) is 5. The Bertz CT molecular complexity index is 922. The molecule has 8 nitrogen and oxygen atoms in total. The highest BCUT2D eigenvalue weighted by Crippen LogP contribution is 2.36. The number of aromatic nitrogens is 2. The molecule has 1 unspecified atom stereocenters. The van der Waals surface area contributed by atoms with Crippen molar-refractivity contribution in [3.8, 4) is 0 Å². The lowest BCUT2D eigenvalue weighted by Crippen LogP contribution is -2.48. The number of anilines is 1. The fraction of sp³-hybridized carbons (Fsp3) is 0.600. The first-order valence-corrected chi connectivity index (χ1v) is 10.9. The first-order valence-electron chi connectivity index (χ1n) is 10.1. The molecule has 0 radical (unpaired) electrons. The zero-order chi connectivity index (χ0) is 20.5. The van der Waals surface area contributed by atoms with E-state index in [9.17, 15) is 9.59 Å². The molecule has 0 spiro atoms. The number of thiophene rings is 1. The Hall–Kier alpha value is -2.26. The SMILES string of the molecule is COC(=O)C1CCCCN1C(=O)c1sc2ncnc(N3CCN(C)CC3)c2c1C. The van der Waals surface area contributed by atoms with Crippen molar-refractivity contribution in [1.29, 1.82) is 0 Å². The summed E-state index contributed by atoms with van der Waals surface area (Å²) in [6.45, 7) is 6.30. The summed E-state index contributed by atoms with van der Waals surface area (Å²) < 4.78 is 4.94. The second kappa shape index (κ2) is 8.23. The van der Waals surface area contributed by atoms with Crippen molar-refractivity contribution >= 4 is 39.2 Å². The Balaban J connectivity index is 1.69. The summed E-state index contributed by atoms with van der Waals surface area (Å²) in [5.41, 5.74) is 0.902. The molecule has 4 heterocycles. The van der Waals surface area contributed by atoms with Gasteiger partial charge in [-0.25, -0.2) is 14.8 Å². The van der Waals surface area contributed by atoms with E-state index in [0.29, 0.717) is 17.8 Å². The molecule has 0 bridgehead atoms. The number of hydrogen-bond acceptors (Lipinski definition) is 8. The molecule has 2 aliphatic heterocycles. The molecule has 0 N–H and O–H groups in total. The van der Waals surface area contributed by atoms with Crippen molar-refractivity contribution in [2.24, 2.45) is 0 Å². The highest BCUT2D eigenvalue weighted by atomic mass is 32.1. The molecule has 9 heteroatoms. The number of likely N-dealkylation sites (tertiary alicyclic amines) is 1. The van der Waals surface area contributed by atoms with Crippen LogP contribution in [0.25, 0.3) is 10.2 Å². The minimum atomic E-state index is -0.506. The Kier molecular flexibility index (Phi) is 5.69. The van der Waals surface area contributed by atoms with Crippen LogP contribution < -0.4 is 4.90 Å². The van der Waals surface area contributed by atoms with Crippen LogP contribution in [-0.4, -0.2) is 84.6 Å². The first-order chi connectivity index (χ1) is 14.0. The van der Waals surface area contributed by atoms with Crippen molar-refractivity contribution in [1.82, 2.24) is 19.8 Å². The van der Waals surface area contributed by atoms with Gasteiger partial charge < -0.3 is 19.4 Å². The minimum absolute atomic E-state index is 0.107. The van der Waals surface area contributed by atoms with E-state index in [0.717, 1.165) is 60.6 Å². The number of esters is 1. The maximum Gasteiger partial charge on any atom is 0.328 e. The molecular formula is C20H27N5O3S. The first kappa shape index (κ1) is 20.0. The van der Waals surface area contributed by atoms with Gasteiger partial charge in [-0.2, -0.15) is 0 Å². The van der Waals surface area contributed by atoms with Crippen LogP contribution >= 0.6 is 11.3 Å². The monoisotopic (exact) mass is 417 g/mol. The zero-order valence-corrected chi connectivity index (χ0v) is 18.0. The maximum absolute atomic E-state index is 13.4. The molecule has 0 aromatic carbocycles. The lowest BCUT2D eigenvalue weighted by Gasteiger charge is -2.34. The molecule has 1 atom stereocenters. The van der Waals surface area contributed by atoms with Crippen LogP contribution in [0.3, 0.4) is 0 Å². The van der Waals surface area contributed by atoms with Crippen molar-refractivity contribution < 1.29 is 14.3 Å². The van der Waals surface area contributed by atoms with Gasteiger partial charge >= 0.3 is 5.97 Å². The molecular weight excluding hydrogens is 390 g/mol. The van der Waals surface area contributed by atoms with Gasteiger partial charge in [0.15, 0.2) is 0 Å². The van der Waals surface area contributed by atoms with Gasteiger partial charge in [0.25, 0.3) is 5.91 Å². The molecule has 2 aliphatic rings. The molecule has 29 heavy (non-hydrogen) atoms. The molecule has 2 saturated heterocycles. The van der Waals surface area contributed by atoms with E-state index in [-0.39, 0.29) is 11.9 Å². The molecule has 4 rings (SSSR count). The van der Waals surface area contributed by atoms with Gasteiger partial charge in [0.1, 0.15) is 23.0 Å². The molecule has 1 amide bonds. The lowest BCUT2D eigenvalue weighted by atomic mass is 10.0. The van der Waals surface area contributed by atoms with Crippen LogP contribution in [0.2, 0.25) is 0 Å². The number of piperazine rings is 1. The topological polar surface area (TPSA) is 78.9 Å². The largest absolute Gasteiger partial charge is 0.467 e. The number of hydrogen-bond donors (Lipinski definition) is 0. The minimum Gasteiger partial charge on any atom is -0.467 e. The van der Waals surface area contributed by atoms with E-state index in [1.807, 2.05) is 6.92 Å². The van der Waals surface area contributed by atoms with Crippen molar-refractivity contribution in [3.63, 3.8) is 0 Å². The highest BCUT2D eigenvalue weighted by molar-refractivity contribution is 7.20. The average molecular weight is 418 g/mol. The highest BCUT2D eigenvalue weighted by Gasteiger charge is 2.35. The lowest BCUT2D eigenvalue weighted by molar-refractivity contribution is -0.147. The second-order valence-corrected chi connectivity index (χ2v) is 8.76. The standard InChI is InChI=1S/C20H27N5O3S/c1-13-15-17(24-10-8-23(2)9-11-24)21-12-22-18(15)29-16(13)19(26)25-7-5-4-6-14(25)20(27)28-3/h12,14H,4-11H2,1-3H3. The summed E-state index contributed by atoms with van der Waals surface area (Å²) in [5, 5.41) is 0.956. The Morgan fingerprint density at radius 2 is 1.90 bits per heavy atom. The van der Waals surface area contributed by atoms with Crippen LogP contribution in [0.1, 0.15) is 34.5 Å². The summed E-state index contributed by atoms with van der Waals surface area (Å²) in [4.78, 5) is 42.3. The predicted molar refractivity (Wildman–Crippen MR) is 113 cm³/mol. The fourth-order valence-electron chi connectivity index (χ4n) is 4.20. The van der Waals surface area contributed by atoms with Gasteiger partial charge in [0.2, 0.25) is 0 Å². The summed E-state index contributed by atoms with van der Waals surface area (Å²) in [6, 6.07) is -0.506. The molecule has 2 fully saturated rings. The number of ether oxygens (including phenoxy) is 1. The third-order valence-corrected chi connectivity index (χ3v) is 7.13. The molecule has 2 aromatic rings. The van der Waals surface area contributed by atoms with Crippen molar-refractivity contribution in [3.05, 3.63) is 16.8 Å². The van der Waals surface area contributed by atoms with Crippen LogP contribution in [0.4, 0.5) is 5.82 Å². The van der Waals surface area contributed by atoms with E-state index >= 15 is 0 Å². The number of aryl methyl sites for hydroxylation is 1. The number of fused-ring (bicyclic) bond motifs is 1. The average Bonchev–Trinajstić information content (AvgIpc) is 3.10. The Labute approximate surface area is 174 Å². The third kappa shape index (κ3) is 3.69. The Morgan fingerprint density at radius 1 is 1.14 bits per heavy atom. The van der Waals surface area contributed by atoms with E-state index in [1.165, 1.54) is 18.4 Å². The summed E-state index contributed by atoms with van der Waals surface area (Å²) in [5.74, 6) is 0.457. The van der Waals surface area contributed by atoms with Crippen LogP contribution in [0.5, 0.6) is 0 Å². The van der Waals surface area contributed by atoms with E-state index in [2.05, 4.69) is 26.8 Å². The van der Waals surface area contributed by atoms with E-state index in [1.54, 1.807) is 11.2 Å². The van der Waals surface area contributed by atoms with Crippen LogP contribution in [0.15, 0.2) is 6.33 Å².